The van der Waals surface area contributed by atoms with Gasteiger partial charge in [-0.25, -0.2) is 0 Å². The summed E-state index contributed by atoms with van der Waals surface area (Å²) in [6.45, 7) is 1.84. The fourth-order valence-electron chi connectivity index (χ4n) is 2.63. The van der Waals surface area contributed by atoms with Crippen LogP contribution in [0.15, 0.2) is 0 Å². The Bertz CT molecular complexity index is 246. The third-order valence-electron chi connectivity index (χ3n) is 3.78. The lowest BCUT2D eigenvalue weighted by molar-refractivity contribution is -0.146. The summed E-state index contributed by atoms with van der Waals surface area (Å²) in [5.41, 5.74) is 0. The lowest BCUT2D eigenvalue weighted by Crippen LogP contribution is -2.42. The van der Waals surface area contributed by atoms with Gasteiger partial charge >= 0.3 is 6.18 Å². The molecular formula is C13H26F3N3. The highest BCUT2D eigenvalue weighted by Crippen LogP contribution is 2.20. The van der Waals surface area contributed by atoms with Crippen molar-refractivity contribution < 1.29 is 13.2 Å². The van der Waals surface area contributed by atoms with Crippen LogP contribution in [0.1, 0.15) is 25.7 Å². The van der Waals surface area contributed by atoms with Gasteiger partial charge < -0.3 is 10.2 Å². The van der Waals surface area contributed by atoms with Gasteiger partial charge in [-0.1, -0.05) is 6.42 Å². The quantitative estimate of drug-likeness (QED) is 0.769. The number of hydrogen-bond donors (Lipinski definition) is 1. The van der Waals surface area contributed by atoms with Gasteiger partial charge in [-0.2, -0.15) is 13.2 Å². The number of likely N-dealkylation sites (tertiary alicyclic amines) is 1. The zero-order chi connectivity index (χ0) is 14.3. The fraction of sp³-hybridized carbons (Fsp3) is 1.00. The van der Waals surface area contributed by atoms with E-state index < -0.39 is 12.7 Å². The summed E-state index contributed by atoms with van der Waals surface area (Å²) in [5, 5.41) is 2.91. The molecule has 1 aliphatic rings. The molecule has 1 aliphatic heterocycles. The zero-order valence-electron chi connectivity index (χ0n) is 12.0. The van der Waals surface area contributed by atoms with Gasteiger partial charge in [0.2, 0.25) is 0 Å². The van der Waals surface area contributed by atoms with Crippen molar-refractivity contribution in [1.29, 1.82) is 0 Å². The van der Waals surface area contributed by atoms with E-state index in [1.807, 2.05) is 0 Å². The average Bonchev–Trinajstić information content (AvgIpc) is 2.33. The minimum atomic E-state index is -4.10. The Morgan fingerprint density at radius 2 is 2.00 bits per heavy atom. The number of alkyl halides is 3. The van der Waals surface area contributed by atoms with Crippen molar-refractivity contribution in [2.24, 2.45) is 0 Å². The summed E-state index contributed by atoms with van der Waals surface area (Å²) in [5.74, 6) is 0. The smallest absolute Gasteiger partial charge is 0.318 e. The second kappa shape index (κ2) is 8.07. The van der Waals surface area contributed by atoms with Crippen molar-refractivity contribution in [1.82, 2.24) is 15.1 Å². The molecule has 1 saturated heterocycles. The van der Waals surface area contributed by atoms with Gasteiger partial charge in [0.05, 0.1) is 6.54 Å². The fourth-order valence-corrected chi connectivity index (χ4v) is 2.63. The van der Waals surface area contributed by atoms with E-state index in [1.165, 1.54) is 17.7 Å². The van der Waals surface area contributed by atoms with Crippen molar-refractivity contribution in [3.63, 3.8) is 0 Å². The van der Waals surface area contributed by atoms with Crippen LogP contribution in [0.4, 0.5) is 13.2 Å². The maximum absolute atomic E-state index is 12.5. The van der Waals surface area contributed by atoms with Gasteiger partial charge in [0, 0.05) is 25.7 Å². The molecule has 0 spiro atoms. The van der Waals surface area contributed by atoms with E-state index in [0.717, 1.165) is 19.4 Å². The maximum Gasteiger partial charge on any atom is 0.401 e. The topological polar surface area (TPSA) is 18.5 Å². The van der Waals surface area contributed by atoms with Gasteiger partial charge in [-0.3, -0.25) is 4.90 Å². The molecule has 0 radical (unpaired) electrons. The van der Waals surface area contributed by atoms with E-state index in [0.29, 0.717) is 25.7 Å². The molecule has 1 N–H and O–H groups in total. The van der Waals surface area contributed by atoms with E-state index >= 15 is 0 Å². The van der Waals surface area contributed by atoms with Crippen LogP contribution >= 0.6 is 0 Å². The summed E-state index contributed by atoms with van der Waals surface area (Å²) in [7, 11) is 3.84. The predicted molar refractivity (Wildman–Crippen MR) is 71.3 cm³/mol. The highest BCUT2D eigenvalue weighted by molar-refractivity contribution is 4.76. The summed E-state index contributed by atoms with van der Waals surface area (Å²) in [6.07, 6.45) is 0.245. The highest BCUT2D eigenvalue weighted by Gasteiger charge is 2.31. The molecule has 1 unspecified atom stereocenters. The largest absolute Gasteiger partial charge is 0.401 e. The molecule has 1 heterocycles. The molecule has 1 rings (SSSR count). The van der Waals surface area contributed by atoms with Crippen LogP contribution in [0.2, 0.25) is 0 Å². The number of piperidine rings is 1. The molecule has 0 bridgehead atoms. The molecule has 3 nitrogen and oxygen atoms in total. The molecule has 0 amide bonds. The first kappa shape index (κ1) is 16.7. The van der Waals surface area contributed by atoms with Crippen LogP contribution in [0, 0.1) is 0 Å². The Labute approximate surface area is 114 Å². The zero-order valence-corrected chi connectivity index (χ0v) is 12.0. The molecule has 114 valence electrons. The Balaban J connectivity index is 2.38. The van der Waals surface area contributed by atoms with Crippen molar-refractivity contribution >= 4 is 0 Å². The Morgan fingerprint density at radius 1 is 1.26 bits per heavy atom. The van der Waals surface area contributed by atoms with Crippen molar-refractivity contribution in [3.05, 3.63) is 0 Å². The second-order valence-electron chi connectivity index (χ2n) is 5.41. The van der Waals surface area contributed by atoms with Gasteiger partial charge in [-0.15, -0.1) is 0 Å². The normalized spacial score (nSPS) is 22.1. The lowest BCUT2D eigenvalue weighted by Gasteiger charge is -2.34. The number of halogens is 3. The number of nitrogens with zero attached hydrogens (tertiary/aromatic N) is 2. The van der Waals surface area contributed by atoms with Crippen LogP contribution in [0.5, 0.6) is 0 Å². The van der Waals surface area contributed by atoms with Crippen LogP contribution < -0.4 is 5.32 Å². The molecule has 0 aromatic carbocycles. The number of likely N-dealkylation sites (N-methyl/N-ethyl adjacent to an activating group) is 1. The van der Waals surface area contributed by atoms with Crippen LogP contribution in [0.25, 0.3) is 0 Å². The van der Waals surface area contributed by atoms with E-state index in [9.17, 15) is 13.2 Å². The van der Waals surface area contributed by atoms with Crippen molar-refractivity contribution in [2.75, 3.05) is 46.8 Å². The molecule has 0 aromatic heterocycles. The Morgan fingerprint density at radius 3 is 2.58 bits per heavy atom. The molecule has 6 heteroatoms. The van der Waals surface area contributed by atoms with E-state index in [4.69, 9.17) is 0 Å². The standard InChI is InChI=1S/C13H26F3N3/c1-17-7-10-19(11-13(14,15)16)9-6-12-5-3-4-8-18(12)2/h12,17H,3-11H2,1-2H3. The third kappa shape index (κ3) is 7.13. The van der Waals surface area contributed by atoms with Gasteiger partial charge in [0.1, 0.15) is 0 Å². The highest BCUT2D eigenvalue weighted by atomic mass is 19.4. The number of nitrogens with one attached hydrogen (secondary N) is 1. The minimum absolute atomic E-state index is 0.444. The second-order valence-corrected chi connectivity index (χ2v) is 5.41. The molecule has 19 heavy (non-hydrogen) atoms. The first-order valence-electron chi connectivity index (χ1n) is 7.06. The minimum Gasteiger partial charge on any atom is -0.318 e. The summed E-state index contributed by atoms with van der Waals surface area (Å²) < 4.78 is 37.5. The average molecular weight is 281 g/mol. The van der Waals surface area contributed by atoms with E-state index in [2.05, 4.69) is 17.3 Å². The molecule has 0 aliphatic carbocycles. The first-order valence-corrected chi connectivity index (χ1v) is 7.06. The molecule has 0 saturated carbocycles. The summed E-state index contributed by atoms with van der Waals surface area (Å²) in [6, 6.07) is 0.444. The SMILES string of the molecule is CNCCN(CCC1CCCCN1C)CC(F)(F)F. The van der Waals surface area contributed by atoms with Gasteiger partial charge in [0.15, 0.2) is 0 Å². The number of hydrogen-bond acceptors (Lipinski definition) is 3. The Kier molecular flexibility index (Phi) is 7.10. The first-order chi connectivity index (χ1) is 8.92. The van der Waals surface area contributed by atoms with Gasteiger partial charge in [0.25, 0.3) is 0 Å². The monoisotopic (exact) mass is 281 g/mol. The number of rotatable bonds is 7. The van der Waals surface area contributed by atoms with Crippen molar-refractivity contribution in [3.8, 4) is 0 Å². The van der Waals surface area contributed by atoms with E-state index in [1.54, 1.807) is 7.05 Å². The molecule has 1 fully saturated rings. The molecule has 0 aromatic rings. The third-order valence-corrected chi connectivity index (χ3v) is 3.78. The Hall–Kier alpha value is -0.330. The van der Waals surface area contributed by atoms with E-state index in [-0.39, 0.29) is 0 Å². The lowest BCUT2D eigenvalue weighted by atomic mass is 10.00. The van der Waals surface area contributed by atoms with Gasteiger partial charge in [-0.05, 0) is 39.9 Å². The predicted octanol–water partition coefficient (Wildman–Crippen LogP) is 1.94. The van der Waals surface area contributed by atoms with Crippen LogP contribution in [-0.2, 0) is 0 Å². The van der Waals surface area contributed by atoms with Crippen LogP contribution in [-0.4, -0.2) is 68.8 Å². The maximum atomic E-state index is 12.5. The van der Waals surface area contributed by atoms with Crippen molar-refractivity contribution in [2.45, 2.75) is 37.9 Å². The summed E-state index contributed by atoms with van der Waals surface area (Å²) in [4.78, 5) is 3.80. The van der Waals surface area contributed by atoms with Crippen LogP contribution in [0.3, 0.4) is 0 Å². The molecule has 1 atom stereocenters. The summed E-state index contributed by atoms with van der Waals surface area (Å²) >= 11 is 0. The molecular weight excluding hydrogens is 255 g/mol.